The van der Waals surface area contributed by atoms with Gasteiger partial charge in [-0.25, -0.2) is 0 Å². The van der Waals surface area contributed by atoms with Gasteiger partial charge in [0.2, 0.25) is 0 Å². The van der Waals surface area contributed by atoms with Crippen molar-refractivity contribution in [2.45, 2.75) is 13.8 Å². The number of hydrogen-bond acceptors (Lipinski definition) is 3. The maximum atomic E-state index is 12.1. The van der Waals surface area contributed by atoms with Gasteiger partial charge >= 0.3 is 11.8 Å². The first-order chi connectivity index (χ1) is 10.9. The molecule has 120 valence electrons. The molecule has 0 aliphatic carbocycles. The summed E-state index contributed by atoms with van der Waals surface area (Å²) in [5.41, 5.74) is 2.98. The molecule has 2 N–H and O–H groups in total. The second-order valence-electron chi connectivity index (χ2n) is 5.10. The summed E-state index contributed by atoms with van der Waals surface area (Å²) < 4.78 is 5.89. The third kappa shape index (κ3) is 4.32. The highest BCUT2D eigenvalue weighted by Gasteiger charge is 2.17. The van der Waals surface area contributed by atoms with E-state index in [2.05, 4.69) is 26.6 Å². The molecule has 0 saturated heterocycles. The van der Waals surface area contributed by atoms with Crippen molar-refractivity contribution in [3.05, 3.63) is 52.0 Å². The number of amides is 2. The van der Waals surface area contributed by atoms with Crippen LogP contribution in [-0.4, -0.2) is 18.9 Å². The lowest BCUT2D eigenvalue weighted by atomic mass is 10.2. The number of anilines is 2. The molecule has 2 aromatic rings. The van der Waals surface area contributed by atoms with Crippen LogP contribution in [0.25, 0.3) is 0 Å². The maximum absolute atomic E-state index is 12.1. The van der Waals surface area contributed by atoms with E-state index < -0.39 is 11.8 Å². The zero-order chi connectivity index (χ0) is 17.0. The van der Waals surface area contributed by atoms with Gasteiger partial charge in [-0.15, -0.1) is 0 Å². The maximum Gasteiger partial charge on any atom is 0.314 e. The first kappa shape index (κ1) is 17.0. The third-order valence-corrected chi connectivity index (χ3v) is 3.84. The molecule has 0 bridgehead atoms. The predicted molar refractivity (Wildman–Crippen MR) is 93.9 cm³/mol. The number of methoxy groups -OCH3 is 1. The van der Waals surface area contributed by atoms with E-state index in [0.29, 0.717) is 21.6 Å². The van der Waals surface area contributed by atoms with Crippen LogP contribution in [0.15, 0.2) is 40.9 Å². The van der Waals surface area contributed by atoms with Crippen LogP contribution in [0.5, 0.6) is 5.75 Å². The number of benzene rings is 2. The van der Waals surface area contributed by atoms with Crippen molar-refractivity contribution in [2.75, 3.05) is 17.7 Å². The number of carbonyl (C=O) groups is 2. The number of nitrogens with one attached hydrogen (secondary N) is 2. The van der Waals surface area contributed by atoms with E-state index in [4.69, 9.17) is 4.74 Å². The van der Waals surface area contributed by atoms with Crippen molar-refractivity contribution in [1.29, 1.82) is 0 Å². The summed E-state index contributed by atoms with van der Waals surface area (Å²) in [7, 11) is 1.50. The summed E-state index contributed by atoms with van der Waals surface area (Å²) in [6, 6.07) is 10.8. The fourth-order valence-electron chi connectivity index (χ4n) is 2.00. The highest BCUT2D eigenvalue weighted by atomic mass is 79.9. The summed E-state index contributed by atoms with van der Waals surface area (Å²) in [6.45, 7) is 3.83. The van der Waals surface area contributed by atoms with Gasteiger partial charge in [0.15, 0.2) is 0 Å². The first-order valence-electron chi connectivity index (χ1n) is 6.94. The lowest BCUT2D eigenvalue weighted by Crippen LogP contribution is -2.29. The molecule has 0 spiro atoms. The van der Waals surface area contributed by atoms with Gasteiger partial charge in [-0.3, -0.25) is 9.59 Å². The Labute approximate surface area is 143 Å². The quantitative estimate of drug-likeness (QED) is 0.803. The van der Waals surface area contributed by atoms with Crippen LogP contribution in [0.4, 0.5) is 11.4 Å². The van der Waals surface area contributed by atoms with Crippen molar-refractivity contribution < 1.29 is 14.3 Å². The summed E-state index contributed by atoms with van der Waals surface area (Å²) in [5, 5.41) is 5.13. The number of ether oxygens (including phenoxy) is 1. The smallest absolute Gasteiger partial charge is 0.314 e. The van der Waals surface area contributed by atoms with E-state index in [9.17, 15) is 9.59 Å². The minimum Gasteiger partial charge on any atom is -0.495 e. The number of rotatable bonds is 3. The fraction of sp³-hybridized carbons (Fsp3) is 0.176. The van der Waals surface area contributed by atoms with E-state index in [1.807, 2.05) is 32.0 Å². The second-order valence-corrected chi connectivity index (χ2v) is 5.95. The molecule has 2 rings (SSSR count). The van der Waals surface area contributed by atoms with Crippen molar-refractivity contribution in [3.63, 3.8) is 0 Å². The Kier molecular flexibility index (Phi) is 5.39. The number of hydrogen-bond donors (Lipinski definition) is 2. The van der Waals surface area contributed by atoms with E-state index >= 15 is 0 Å². The zero-order valence-electron chi connectivity index (χ0n) is 13.1. The topological polar surface area (TPSA) is 67.4 Å². The molecule has 0 heterocycles. The largest absolute Gasteiger partial charge is 0.495 e. The Bertz CT molecular complexity index is 759. The molecule has 0 unspecified atom stereocenters. The van der Waals surface area contributed by atoms with Crippen LogP contribution in [0, 0.1) is 13.8 Å². The highest BCUT2D eigenvalue weighted by molar-refractivity contribution is 9.10. The van der Waals surface area contributed by atoms with Crippen LogP contribution in [-0.2, 0) is 9.59 Å². The Balaban J connectivity index is 2.11. The van der Waals surface area contributed by atoms with Crippen LogP contribution >= 0.6 is 15.9 Å². The average Bonchev–Trinajstić information content (AvgIpc) is 2.50. The Morgan fingerprint density at radius 2 is 1.48 bits per heavy atom. The van der Waals surface area contributed by atoms with Crippen molar-refractivity contribution in [3.8, 4) is 5.75 Å². The van der Waals surface area contributed by atoms with Gasteiger partial charge < -0.3 is 15.4 Å². The minimum absolute atomic E-state index is 0.454. The molecule has 0 atom stereocenters. The monoisotopic (exact) mass is 376 g/mol. The number of aryl methyl sites for hydroxylation is 2. The highest BCUT2D eigenvalue weighted by Crippen LogP contribution is 2.26. The van der Waals surface area contributed by atoms with E-state index in [1.165, 1.54) is 7.11 Å². The molecule has 0 radical (unpaired) electrons. The molecule has 2 amide bonds. The standard InChI is InChI=1S/C17H17BrN2O3/c1-10-4-6-13(12(18)8-10)19-16(21)17(22)20-14-9-11(2)5-7-15(14)23-3/h4-9H,1-3H3,(H,19,21)(H,20,22). The lowest BCUT2D eigenvalue weighted by Gasteiger charge is -2.11. The van der Waals surface area contributed by atoms with E-state index in [0.717, 1.165) is 11.1 Å². The Hall–Kier alpha value is -2.34. The predicted octanol–water partition coefficient (Wildman–Crippen LogP) is 3.65. The Morgan fingerprint density at radius 3 is 2.09 bits per heavy atom. The van der Waals surface area contributed by atoms with Gasteiger partial charge in [-0.05, 0) is 65.2 Å². The minimum atomic E-state index is -0.763. The van der Waals surface area contributed by atoms with Gasteiger partial charge in [-0.2, -0.15) is 0 Å². The van der Waals surface area contributed by atoms with E-state index in [1.54, 1.807) is 18.2 Å². The molecule has 5 nitrogen and oxygen atoms in total. The summed E-state index contributed by atoms with van der Waals surface area (Å²) in [6.07, 6.45) is 0. The number of halogens is 1. The van der Waals surface area contributed by atoms with Gasteiger partial charge in [0.05, 0.1) is 18.5 Å². The van der Waals surface area contributed by atoms with Gasteiger partial charge in [0.25, 0.3) is 0 Å². The number of carbonyl (C=O) groups excluding carboxylic acids is 2. The van der Waals surface area contributed by atoms with Crippen LogP contribution in [0.1, 0.15) is 11.1 Å². The third-order valence-electron chi connectivity index (χ3n) is 3.18. The van der Waals surface area contributed by atoms with Crippen LogP contribution in [0.3, 0.4) is 0 Å². The zero-order valence-corrected chi connectivity index (χ0v) is 14.7. The molecule has 6 heteroatoms. The molecule has 0 aromatic heterocycles. The molecule has 0 aliphatic rings. The first-order valence-corrected chi connectivity index (χ1v) is 7.73. The normalized spacial score (nSPS) is 10.1. The fourth-order valence-corrected chi connectivity index (χ4v) is 2.59. The second kappa shape index (κ2) is 7.28. The van der Waals surface area contributed by atoms with Crippen molar-refractivity contribution in [2.24, 2.45) is 0 Å². The molecule has 0 saturated carbocycles. The van der Waals surface area contributed by atoms with Crippen molar-refractivity contribution >= 4 is 39.1 Å². The Morgan fingerprint density at radius 1 is 0.913 bits per heavy atom. The summed E-state index contributed by atoms with van der Waals surface area (Å²) in [5.74, 6) is -1.02. The summed E-state index contributed by atoms with van der Waals surface area (Å²) >= 11 is 3.36. The van der Waals surface area contributed by atoms with Gasteiger partial charge in [0.1, 0.15) is 5.75 Å². The average molecular weight is 377 g/mol. The molecule has 2 aromatic carbocycles. The molecular weight excluding hydrogens is 360 g/mol. The molecule has 0 aliphatic heterocycles. The lowest BCUT2D eigenvalue weighted by molar-refractivity contribution is -0.133. The summed E-state index contributed by atoms with van der Waals surface area (Å²) in [4.78, 5) is 24.1. The van der Waals surface area contributed by atoms with Gasteiger partial charge in [0, 0.05) is 4.47 Å². The van der Waals surface area contributed by atoms with Crippen molar-refractivity contribution in [1.82, 2.24) is 0 Å². The van der Waals surface area contributed by atoms with E-state index in [-0.39, 0.29) is 0 Å². The molecular formula is C17H17BrN2O3. The molecule has 0 fully saturated rings. The van der Waals surface area contributed by atoms with Crippen LogP contribution in [0.2, 0.25) is 0 Å². The molecule has 23 heavy (non-hydrogen) atoms. The SMILES string of the molecule is COc1ccc(C)cc1NC(=O)C(=O)Nc1ccc(C)cc1Br. The van der Waals surface area contributed by atoms with Gasteiger partial charge in [-0.1, -0.05) is 12.1 Å². The van der Waals surface area contributed by atoms with Crippen LogP contribution < -0.4 is 15.4 Å².